The van der Waals surface area contributed by atoms with Gasteiger partial charge in [-0.15, -0.1) is 11.8 Å². The number of nitrogens with zero attached hydrogens (tertiary/aromatic N) is 1. The van der Waals surface area contributed by atoms with Gasteiger partial charge < -0.3 is 5.11 Å². The molecular weight excluding hydrogens is 302 g/mol. The highest BCUT2D eigenvalue weighted by Gasteiger charge is 2.02. The second kappa shape index (κ2) is 7.65. The van der Waals surface area contributed by atoms with Gasteiger partial charge in [-0.05, 0) is 29.8 Å². The number of benzene rings is 3. The fourth-order valence-electron chi connectivity index (χ4n) is 2.16. The molecule has 3 aromatic rings. The zero-order valence-electron chi connectivity index (χ0n) is 12.6. The van der Waals surface area contributed by atoms with Crippen LogP contribution in [0.15, 0.2) is 88.8 Å². The van der Waals surface area contributed by atoms with Gasteiger partial charge in [0.2, 0.25) is 0 Å². The summed E-state index contributed by atoms with van der Waals surface area (Å²) in [5, 5.41) is 9.81. The molecule has 3 rings (SSSR count). The maximum atomic E-state index is 9.81. The number of phenols is 1. The van der Waals surface area contributed by atoms with Gasteiger partial charge in [0.1, 0.15) is 5.75 Å². The van der Waals surface area contributed by atoms with E-state index in [-0.39, 0.29) is 5.75 Å². The monoisotopic (exact) mass is 319 g/mol. The Bertz CT molecular complexity index is 800. The largest absolute Gasteiger partial charge is 0.507 e. The summed E-state index contributed by atoms with van der Waals surface area (Å²) in [5.74, 6) is 1.15. The molecule has 0 heterocycles. The Balaban J connectivity index is 1.77. The third-order valence-corrected chi connectivity index (χ3v) is 4.52. The summed E-state index contributed by atoms with van der Waals surface area (Å²) < 4.78 is 0. The topological polar surface area (TPSA) is 32.6 Å². The normalized spacial score (nSPS) is 11.0. The smallest absolute Gasteiger partial charge is 0.124 e. The second-order valence-electron chi connectivity index (χ2n) is 5.06. The van der Waals surface area contributed by atoms with Gasteiger partial charge in [0.25, 0.3) is 0 Å². The molecule has 0 amide bonds. The highest BCUT2D eigenvalue weighted by molar-refractivity contribution is 7.98. The molecular formula is C20H17NOS. The van der Waals surface area contributed by atoms with E-state index in [0.717, 1.165) is 21.9 Å². The van der Waals surface area contributed by atoms with Crippen LogP contribution in [-0.2, 0) is 5.75 Å². The summed E-state index contributed by atoms with van der Waals surface area (Å²) in [6.07, 6.45) is 1.71. The van der Waals surface area contributed by atoms with Crippen molar-refractivity contribution in [1.82, 2.24) is 0 Å². The standard InChI is InChI=1S/C20H17NOS/c22-19-12-6-4-10-17(19)14-21-18-11-5-7-13-20(18)23-15-16-8-2-1-3-9-16/h1-14,22H,15H2/b21-14-. The minimum absolute atomic E-state index is 0.241. The van der Waals surface area contributed by atoms with Gasteiger partial charge in [0, 0.05) is 22.4 Å². The Labute approximate surface area is 140 Å². The Morgan fingerprint density at radius 2 is 1.52 bits per heavy atom. The van der Waals surface area contributed by atoms with E-state index >= 15 is 0 Å². The Morgan fingerprint density at radius 1 is 0.826 bits per heavy atom. The van der Waals surface area contributed by atoms with Crippen molar-refractivity contribution in [2.24, 2.45) is 4.99 Å². The first-order chi connectivity index (χ1) is 11.3. The summed E-state index contributed by atoms with van der Waals surface area (Å²) in [5.41, 5.74) is 2.92. The summed E-state index contributed by atoms with van der Waals surface area (Å²) in [7, 11) is 0. The van der Waals surface area contributed by atoms with E-state index in [1.165, 1.54) is 5.56 Å². The highest BCUT2D eigenvalue weighted by atomic mass is 32.2. The van der Waals surface area contributed by atoms with E-state index < -0.39 is 0 Å². The average molecular weight is 319 g/mol. The highest BCUT2D eigenvalue weighted by Crippen LogP contribution is 2.31. The fourth-order valence-corrected chi connectivity index (χ4v) is 3.12. The SMILES string of the molecule is Oc1ccccc1/C=N\c1ccccc1SCc1ccccc1. The van der Waals surface area contributed by atoms with Crippen LogP contribution in [-0.4, -0.2) is 11.3 Å². The van der Waals surface area contributed by atoms with Crippen LogP contribution in [0.1, 0.15) is 11.1 Å². The number of aliphatic imine (C=N–C) groups is 1. The van der Waals surface area contributed by atoms with Gasteiger partial charge >= 0.3 is 0 Å². The van der Waals surface area contributed by atoms with Crippen LogP contribution in [0.5, 0.6) is 5.75 Å². The molecule has 0 saturated heterocycles. The number of aromatic hydroxyl groups is 1. The molecule has 0 aromatic heterocycles. The molecule has 0 spiro atoms. The van der Waals surface area contributed by atoms with Crippen molar-refractivity contribution in [3.63, 3.8) is 0 Å². The molecule has 2 nitrogen and oxygen atoms in total. The maximum Gasteiger partial charge on any atom is 0.124 e. The lowest BCUT2D eigenvalue weighted by Gasteiger charge is -2.05. The number of hydrogen-bond acceptors (Lipinski definition) is 3. The predicted octanol–water partition coefficient (Wildman–Crippen LogP) is 5.44. The maximum absolute atomic E-state index is 9.81. The summed E-state index contributed by atoms with van der Waals surface area (Å²) in [6.45, 7) is 0. The van der Waals surface area contributed by atoms with Gasteiger partial charge in [-0.1, -0.05) is 54.6 Å². The lowest BCUT2D eigenvalue weighted by Crippen LogP contribution is -1.83. The third-order valence-electron chi connectivity index (χ3n) is 3.38. The first-order valence-corrected chi connectivity index (χ1v) is 8.39. The zero-order valence-corrected chi connectivity index (χ0v) is 13.4. The van der Waals surface area contributed by atoms with Gasteiger partial charge in [0.15, 0.2) is 0 Å². The molecule has 0 bridgehead atoms. The molecule has 3 heteroatoms. The molecule has 3 aromatic carbocycles. The van der Waals surface area contributed by atoms with Crippen LogP contribution in [0.2, 0.25) is 0 Å². The van der Waals surface area contributed by atoms with Crippen LogP contribution in [0.4, 0.5) is 5.69 Å². The Kier molecular flexibility index (Phi) is 5.12. The number of para-hydroxylation sites is 2. The number of thioether (sulfide) groups is 1. The predicted molar refractivity (Wildman–Crippen MR) is 97.8 cm³/mol. The van der Waals surface area contributed by atoms with Gasteiger partial charge in [-0.2, -0.15) is 0 Å². The van der Waals surface area contributed by atoms with Crippen molar-refractivity contribution >= 4 is 23.7 Å². The van der Waals surface area contributed by atoms with Gasteiger partial charge in [-0.3, -0.25) is 4.99 Å². The van der Waals surface area contributed by atoms with Crippen molar-refractivity contribution in [2.45, 2.75) is 10.6 Å². The molecule has 0 aliphatic carbocycles. The minimum Gasteiger partial charge on any atom is -0.507 e. The Hall–Kier alpha value is -2.52. The molecule has 0 aliphatic rings. The molecule has 0 fully saturated rings. The second-order valence-corrected chi connectivity index (χ2v) is 6.08. The number of hydrogen-bond donors (Lipinski definition) is 1. The van der Waals surface area contributed by atoms with E-state index in [9.17, 15) is 5.11 Å². The van der Waals surface area contributed by atoms with Crippen molar-refractivity contribution in [1.29, 1.82) is 0 Å². The lowest BCUT2D eigenvalue weighted by molar-refractivity contribution is 0.474. The van der Waals surface area contributed by atoms with E-state index in [1.807, 2.05) is 36.4 Å². The van der Waals surface area contributed by atoms with Gasteiger partial charge in [0.05, 0.1) is 5.69 Å². The van der Waals surface area contributed by atoms with Crippen LogP contribution in [0.25, 0.3) is 0 Å². The van der Waals surface area contributed by atoms with Crippen molar-refractivity contribution in [2.75, 3.05) is 0 Å². The molecule has 0 aliphatic heterocycles. The van der Waals surface area contributed by atoms with E-state index in [2.05, 4.69) is 35.3 Å². The summed E-state index contributed by atoms with van der Waals surface area (Å²) >= 11 is 1.76. The van der Waals surface area contributed by atoms with Crippen LogP contribution in [0, 0.1) is 0 Å². The number of rotatable bonds is 5. The number of phenolic OH excluding ortho intramolecular Hbond substituents is 1. The van der Waals surface area contributed by atoms with Crippen LogP contribution in [0.3, 0.4) is 0 Å². The molecule has 114 valence electrons. The first-order valence-electron chi connectivity index (χ1n) is 7.41. The molecule has 1 N–H and O–H groups in total. The molecule has 0 saturated carbocycles. The third kappa shape index (κ3) is 4.24. The Morgan fingerprint density at radius 3 is 2.35 bits per heavy atom. The van der Waals surface area contributed by atoms with Crippen LogP contribution >= 0.6 is 11.8 Å². The van der Waals surface area contributed by atoms with Crippen LogP contribution < -0.4 is 0 Å². The molecule has 0 unspecified atom stereocenters. The van der Waals surface area contributed by atoms with E-state index in [0.29, 0.717) is 0 Å². The van der Waals surface area contributed by atoms with Crippen molar-refractivity contribution in [3.05, 3.63) is 90.0 Å². The van der Waals surface area contributed by atoms with Gasteiger partial charge in [-0.25, -0.2) is 0 Å². The molecule has 23 heavy (non-hydrogen) atoms. The fraction of sp³-hybridized carbons (Fsp3) is 0.0500. The van der Waals surface area contributed by atoms with Crippen molar-refractivity contribution < 1.29 is 5.11 Å². The zero-order chi connectivity index (χ0) is 15.9. The molecule has 0 radical (unpaired) electrons. The average Bonchev–Trinajstić information content (AvgIpc) is 2.61. The summed E-state index contributed by atoms with van der Waals surface area (Å²) in [6, 6.07) is 25.6. The molecule has 0 atom stereocenters. The summed E-state index contributed by atoms with van der Waals surface area (Å²) in [4.78, 5) is 5.67. The van der Waals surface area contributed by atoms with Crippen molar-refractivity contribution in [3.8, 4) is 5.75 Å². The van der Waals surface area contributed by atoms with E-state index in [4.69, 9.17) is 0 Å². The lowest BCUT2D eigenvalue weighted by atomic mass is 10.2. The van der Waals surface area contributed by atoms with E-state index in [1.54, 1.807) is 30.1 Å². The quantitative estimate of drug-likeness (QED) is 0.502. The first kappa shape index (κ1) is 15.4. The minimum atomic E-state index is 0.241.